The zero-order valence-electron chi connectivity index (χ0n) is 13.5. The van der Waals surface area contributed by atoms with Gasteiger partial charge in [0.1, 0.15) is 4.88 Å². The molecule has 0 saturated carbocycles. The number of hydrogen-bond acceptors (Lipinski definition) is 5. The average molecular weight is 343 g/mol. The van der Waals surface area contributed by atoms with Gasteiger partial charge in [0, 0.05) is 5.69 Å². The van der Waals surface area contributed by atoms with E-state index in [-0.39, 0.29) is 17.6 Å². The highest BCUT2D eigenvalue weighted by Gasteiger charge is 2.44. The molecule has 1 N–H and O–H groups in total. The summed E-state index contributed by atoms with van der Waals surface area (Å²) in [4.78, 5) is 19.7. The topological polar surface area (TPSA) is 54.5 Å². The lowest BCUT2D eigenvalue weighted by Crippen LogP contribution is -2.44. The van der Waals surface area contributed by atoms with Crippen molar-refractivity contribution in [3.63, 3.8) is 0 Å². The Morgan fingerprint density at radius 2 is 2.08 bits per heavy atom. The Morgan fingerprint density at radius 1 is 1.29 bits per heavy atom. The fraction of sp³-hybridized carbons (Fsp3) is 0.444. The molecule has 0 aliphatic carbocycles. The number of aromatic nitrogens is 1. The Kier molecular flexibility index (Phi) is 4.35. The number of amides is 1. The van der Waals surface area contributed by atoms with Crippen molar-refractivity contribution in [2.24, 2.45) is 0 Å². The molecular weight excluding hydrogens is 322 g/mol. The molecule has 2 fully saturated rings. The zero-order valence-corrected chi connectivity index (χ0v) is 14.3. The molecular formula is C18H21N3O2S. The van der Waals surface area contributed by atoms with Crippen LogP contribution >= 0.6 is 11.3 Å². The molecule has 0 radical (unpaired) electrons. The summed E-state index contributed by atoms with van der Waals surface area (Å²) in [5.41, 5.74) is 2.56. The highest BCUT2D eigenvalue weighted by atomic mass is 32.1. The van der Waals surface area contributed by atoms with Gasteiger partial charge in [0.2, 0.25) is 0 Å². The smallest absolute Gasteiger partial charge is 0.270 e. The summed E-state index contributed by atoms with van der Waals surface area (Å²) in [6, 6.07) is 9.97. The lowest BCUT2D eigenvalue weighted by Gasteiger charge is -2.34. The second kappa shape index (κ2) is 6.63. The largest absolute Gasteiger partial charge is 0.373 e. The Bertz CT molecular complexity index is 684. The molecule has 1 spiro atoms. The Balaban J connectivity index is 1.62. The van der Waals surface area contributed by atoms with E-state index in [0.717, 1.165) is 38.0 Å². The SMILES string of the molecule is O=C(c1cncs1)N(c1ccccc1)[C@H]1COC2(CCNCC2)C1. The summed E-state index contributed by atoms with van der Waals surface area (Å²) >= 11 is 1.39. The maximum atomic E-state index is 13.1. The van der Waals surface area contributed by atoms with Crippen molar-refractivity contribution < 1.29 is 9.53 Å². The first-order valence-corrected chi connectivity index (χ1v) is 9.27. The van der Waals surface area contributed by atoms with Crippen molar-refractivity contribution in [1.82, 2.24) is 10.3 Å². The van der Waals surface area contributed by atoms with E-state index in [9.17, 15) is 4.79 Å². The third-order valence-electron chi connectivity index (χ3n) is 4.97. The number of anilines is 1. The second-order valence-electron chi connectivity index (χ2n) is 6.48. The molecule has 24 heavy (non-hydrogen) atoms. The van der Waals surface area contributed by atoms with Crippen molar-refractivity contribution in [3.8, 4) is 0 Å². The van der Waals surface area contributed by atoms with Gasteiger partial charge >= 0.3 is 0 Å². The monoisotopic (exact) mass is 343 g/mol. The fourth-order valence-electron chi connectivity index (χ4n) is 3.74. The van der Waals surface area contributed by atoms with Crippen LogP contribution in [0.4, 0.5) is 5.69 Å². The number of piperidine rings is 1. The molecule has 2 aromatic rings. The molecule has 2 saturated heterocycles. The highest BCUT2D eigenvalue weighted by Crippen LogP contribution is 2.38. The highest BCUT2D eigenvalue weighted by molar-refractivity contribution is 7.11. The first kappa shape index (κ1) is 15.7. The summed E-state index contributed by atoms with van der Waals surface area (Å²) in [5, 5.41) is 3.39. The molecule has 0 unspecified atom stereocenters. The van der Waals surface area contributed by atoms with Crippen LogP contribution in [0.15, 0.2) is 42.0 Å². The number of nitrogens with zero attached hydrogens (tertiary/aromatic N) is 2. The van der Waals surface area contributed by atoms with Crippen LogP contribution < -0.4 is 10.2 Å². The van der Waals surface area contributed by atoms with E-state index in [4.69, 9.17) is 4.74 Å². The molecule has 126 valence electrons. The summed E-state index contributed by atoms with van der Waals surface area (Å²) in [5.74, 6) is 0.0169. The van der Waals surface area contributed by atoms with E-state index in [1.54, 1.807) is 11.7 Å². The van der Waals surface area contributed by atoms with Crippen molar-refractivity contribution in [2.75, 3.05) is 24.6 Å². The summed E-state index contributed by atoms with van der Waals surface area (Å²) in [6.07, 6.45) is 4.58. The molecule has 1 aromatic carbocycles. The first-order valence-electron chi connectivity index (χ1n) is 8.39. The molecule has 2 aliphatic heterocycles. The van der Waals surface area contributed by atoms with E-state index in [1.165, 1.54) is 11.3 Å². The molecule has 2 aliphatic rings. The number of hydrogen-bond donors (Lipinski definition) is 1. The summed E-state index contributed by atoms with van der Waals surface area (Å²) in [6.45, 7) is 2.57. The quantitative estimate of drug-likeness (QED) is 0.931. The van der Waals surface area contributed by atoms with Gasteiger partial charge in [0.25, 0.3) is 5.91 Å². The maximum absolute atomic E-state index is 13.1. The normalized spacial score (nSPS) is 22.6. The summed E-state index contributed by atoms with van der Waals surface area (Å²) in [7, 11) is 0. The van der Waals surface area contributed by atoms with Gasteiger partial charge in [0.05, 0.1) is 30.0 Å². The number of nitrogens with one attached hydrogen (secondary N) is 1. The zero-order chi connectivity index (χ0) is 16.4. The minimum absolute atomic E-state index is 0.0169. The Labute approximate surface area is 145 Å². The van der Waals surface area contributed by atoms with Gasteiger partial charge in [-0.15, -0.1) is 11.3 Å². The predicted octanol–water partition coefficient (Wildman–Crippen LogP) is 2.70. The molecule has 1 atom stereocenters. The Hall–Kier alpha value is -1.76. The number of para-hydroxylation sites is 1. The molecule has 6 heteroatoms. The minimum atomic E-state index is -0.0725. The molecule has 5 nitrogen and oxygen atoms in total. The standard InChI is InChI=1S/C18H21N3O2S/c22-17(16-11-20-13-24-16)21(14-4-2-1-3-5-14)15-10-18(23-12-15)6-8-19-9-7-18/h1-5,11,13,15,19H,6-10,12H2/t15-/m1/s1. The van der Waals surface area contributed by atoms with Crippen LogP contribution in [0.2, 0.25) is 0 Å². The third kappa shape index (κ3) is 2.97. The van der Waals surface area contributed by atoms with Crippen molar-refractivity contribution >= 4 is 22.9 Å². The van der Waals surface area contributed by atoms with Crippen LogP contribution in [0.3, 0.4) is 0 Å². The first-order chi connectivity index (χ1) is 11.8. The molecule has 4 rings (SSSR count). The summed E-state index contributed by atoms with van der Waals surface area (Å²) < 4.78 is 6.22. The van der Waals surface area contributed by atoms with Gasteiger partial charge in [-0.2, -0.15) is 0 Å². The molecule has 3 heterocycles. The molecule has 1 amide bonds. The minimum Gasteiger partial charge on any atom is -0.373 e. The van der Waals surface area contributed by atoms with Gasteiger partial charge in [-0.1, -0.05) is 18.2 Å². The van der Waals surface area contributed by atoms with Crippen LogP contribution in [0, 0.1) is 0 Å². The number of thiazole rings is 1. The van der Waals surface area contributed by atoms with Crippen molar-refractivity contribution in [3.05, 3.63) is 46.9 Å². The van der Waals surface area contributed by atoms with Crippen molar-refractivity contribution in [1.29, 1.82) is 0 Å². The number of rotatable bonds is 3. The fourth-order valence-corrected chi connectivity index (χ4v) is 4.30. The van der Waals surface area contributed by atoms with E-state index in [0.29, 0.717) is 11.5 Å². The number of benzene rings is 1. The lowest BCUT2D eigenvalue weighted by molar-refractivity contribution is -0.0193. The van der Waals surface area contributed by atoms with Crippen molar-refractivity contribution in [2.45, 2.75) is 30.9 Å². The molecule has 0 bridgehead atoms. The van der Waals surface area contributed by atoms with Gasteiger partial charge in [-0.3, -0.25) is 9.78 Å². The maximum Gasteiger partial charge on any atom is 0.270 e. The van der Waals surface area contributed by atoms with Crippen LogP contribution in [-0.4, -0.2) is 42.2 Å². The van der Waals surface area contributed by atoms with Gasteiger partial charge < -0.3 is 15.0 Å². The van der Waals surface area contributed by atoms with Crippen LogP contribution in [0.1, 0.15) is 28.9 Å². The van der Waals surface area contributed by atoms with Crippen LogP contribution in [-0.2, 0) is 4.74 Å². The number of carbonyl (C=O) groups is 1. The van der Waals surface area contributed by atoms with Gasteiger partial charge in [-0.05, 0) is 44.5 Å². The molecule has 1 aromatic heterocycles. The third-order valence-corrected chi connectivity index (χ3v) is 5.73. The average Bonchev–Trinajstić information content (AvgIpc) is 3.28. The second-order valence-corrected chi connectivity index (χ2v) is 7.36. The predicted molar refractivity (Wildman–Crippen MR) is 94.6 cm³/mol. The Morgan fingerprint density at radius 3 is 2.79 bits per heavy atom. The number of carbonyl (C=O) groups excluding carboxylic acids is 1. The van der Waals surface area contributed by atoms with Gasteiger partial charge in [-0.25, -0.2) is 0 Å². The van der Waals surface area contributed by atoms with E-state index in [2.05, 4.69) is 10.3 Å². The van der Waals surface area contributed by atoms with E-state index >= 15 is 0 Å². The van der Waals surface area contributed by atoms with Crippen LogP contribution in [0.25, 0.3) is 0 Å². The van der Waals surface area contributed by atoms with E-state index in [1.807, 2.05) is 35.2 Å². The van der Waals surface area contributed by atoms with Gasteiger partial charge in [0.15, 0.2) is 0 Å². The van der Waals surface area contributed by atoms with Crippen LogP contribution in [0.5, 0.6) is 0 Å². The number of ether oxygens (including phenoxy) is 1. The van der Waals surface area contributed by atoms with E-state index < -0.39 is 0 Å². The lowest BCUT2D eigenvalue weighted by atomic mass is 9.88.